The Morgan fingerprint density at radius 2 is 1.89 bits per heavy atom. The van der Waals surface area contributed by atoms with E-state index in [0.29, 0.717) is 0 Å². The van der Waals surface area contributed by atoms with Gasteiger partial charge >= 0.3 is 0 Å². The van der Waals surface area contributed by atoms with E-state index in [1.807, 2.05) is 0 Å². The Kier molecular flexibility index (Phi) is 5.73. The van der Waals surface area contributed by atoms with Gasteiger partial charge in [-0.15, -0.1) is 0 Å². The van der Waals surface area contributed by atoms with Crippen molar-refractivity contribution in [2.75, 3.05) is 6.54 Å². The molecule has 0 amide bonds. The second-order valence-electron chi connectivity index (χ2n) is 5.67. The SMILES string of the molecule is CCC1CCCC(NCCc2ccccc2)CC1. The monoisotopic (exact) mass is 245 g/mol. The van der Waals surface area contributed by atoms with Gasteiger partial charge < -0.3 is 5.32 Å². The molecule has 0 spiro atoms. The lowest BCUT2D eigenvalue weighted by atomic mass is 9.98. The molecule has 1 fully saturated rings. The summed E-state index contributed by atoms with van der Waals surface area (Å²) >= 11 is 0. The van der Waals surface area contributed by atoms with Crippen LogP contribution in [0.3, 0.4) is 0 Å². The summed E-state index contributed by atoms with van der Waals surface area (Å²) in [6.07, 6.45) is 9.60. The minimum Gasteiger partial charge on any atom is -0.314 e. The predicted molar refractivity (Wildman–Crippen MR) is 78.8 cm³/mol. The Bertz CT molecular complexity index is 320. The van der Waals surface area contributed by atoms with Crippen molar-refractivity contribution in [2.24, 2.45) is 5.92 Å². The Hall–Kier alpha value is -0.820. The summed E-state index contributed by atoms with van der Waals surface area (Å²) in [6.45, 7) is 3.47. The maximum absolute atomic E-state index is 3.75. The zero-order valence-electron chi connectivity index (χ0n) is 11.7. The van der Waals surface area contributed by atoms with Crippen LogP contribution in [0.15, 0.2) is 30.3 Å². The highest BCUT2D eigenvalue weighted by molar-refractivity contribution is 5.14. The van der Waals surface area contributed by atoms with E-state index in [1.165, 1.54) is 44.1 Å². The molecule has 1 nitrogen and oxygen atoms in total. The average Bonchev–Trinajstić information content (AvgIpc) is 2.65. The van der Waals surface area contributed by atoms with Crippen LogP contribution in [0.1, 0.15) is 51.0 Å². The first-order valence-corrected chi connectivity index (χ1v) is 7.65. The van der Waals surface area contributed by atoms with Crippen molar-refractivity contribution in [1.29, 1.82) is 0 Å². The lowest BCUT2D eigenvalue weighted by Crippen LogP contribution is -2.30. The van der Waals surface area contributed by atoms with E-state index < -0.39 is 0 Å². The standard InChI is InChI=1S/C17H27N/c1-2-15-9-6-10-17(12-11-15)18-14-13-16-7-4-3-5-8-16/h3-5,7-8,15,17-18H,2,6,9-14H2,1H3. The van der Waals surface area contributed by atoms with Crippen LogP contribution in [0.25, 0.3) is 0 Å². The Labute approximate surface area is 112 Å². The van der Waals surface area contributed by atoms with Crippen LogP contribution in [-0.4, -0.2) is 12.6 Å². The quantitative estimate of drug-likeness (QED) is 0.767. The summed E-state index contributed by atoms with van der Waals surface area (Å²) < 4.78 is 0. The molecular formula is C17H27N. The number of nitrogens with one attached hydrogen (secondary N) is 1. The van der Waals surface area contributed by atoms with Gasteiger partial charge in [-0.1, -0.05) is 56.5 Å². The van der Waals surface area contributed by atoms with Crippen molar-refractivity contribution >= 4 is 0 Å². The molecule has 0 saturated heterocycles. The molecule has 1 heteroatoms. The molecule has 1 N–H and O–H groups in total. The molecule has 1 aliphatic carbocycles. The summed E-state index contributed by atoms with van der Waals surface area (Å²) in [4.78, 5) is 0. The van der Waals surface area contributed by atoms with Crippen LogP contribution in [0.5, 0.6) is 0 Å². The van der Waals surface area contributed by atoms with Crippen molar-refractivity contribution in [2.45, 2.75) is 57.9 Å². The smallest absolute Gasteiger partial charge is 0.00672 e. The topological polar surface area (TPSA) is 12.0 Å². The van der Waals surface area contributed by atoms with Gasteiger partial charge in [0.2, 0.25) is 0 Å². The minimum atomic E-state index is 0.769. The summed E-state index contributed by atoms with van der Waals surface area (Å²) in [5.74, 6) is 0.992. The largest absolute Gasteiger partial charge is 0.314 e. The fraction of sp³-hybridized carbons (Fsp3) is 0.647. The average molecular weight is 245 g/mol. The van der Waals surface area contributed by atoms with E-state index in [-0.39, 0.29) is 0 Å². The maximum atomic E-state index is 3.75. The highest BCUT2D eigenvalue weighted by Gasteiger charge is 2.16. The van der Waals surface area contributed by atoms with E-state index in [1.54, 1.807) is 0 Å². The van der Waals surface area contributed by atoms with E-state index >= 15 is 0 Å². The lowest BCUT2D eigenvalue weighted by Gasteiger charge is -2.16. The Morgan fingerprint density at radius 1 is 1.06 bits per heavy atom. The second kappa shape index (κ2) is 7.58. The van der Waals surface area contributed by atoms with Gasteiger partial charge in [-0.05, 0) is 43.7 Å². The molecule has 0 aliphatic heterocycles. The predicted octanol–water partition coefficient (Wildman–Crippen LogP) is 4.18. The molecule has 2 rings (SSSR count). The molecular weight excluding hydrogens is 218 g/mol. The summed E-state index contributed by atoms with van der Waals surface area (Å²) in [7, 11) is 0. The van der Waals surface area contributed by atoms with Crippen LogP contribution in [-0.2, 0) is 6.42 Å². The number of hydrogen-bond acceptors (Lipinski definition) is 1. The maximum Gasteiger partial charge on any atom is 0.00672 e. The molecule has 0 heterocycles. The fourth-order valence-electron chi connectivity index (χ4n) is 3.06. The first kappa shape index (κ1) is 13.6. The molecule has 1 aromatic rings. The number of hydrogen-bond donors (Lipinski definition) is 1. The molecule has 1 aliphatic rings. The van der Waals surface area contributed by atoms with Crippen molar-refractivity contribution in [3.63, 3.8) is 0 Å². The van der Waals surface area contributed by atoms with Crippen molar-refractivity contribution < 1.29 is 0 Å². The first-order valence-electron chi connectivity index (χ1n) is 7.65. The molecule has 100 valence electrons. The highest BCUT2D eigenvalue weighted by Crippen LogP contribution is 2.25. The highest BCUT2D eigenvalue weighted by atomic mass is 14.9. The van der Waals surface area contributed by atoms with Crippen LogP contribution in [0, 0.1) is 5.92 Å². The van der Waals surface area contributed by atoms with Crippen molar-refractivity contribution in [1.82, 2.24) is 5.32 Å². The summed E-state index contributed by atoms with van der Waals surface area (Å²) in [5.41, 5.74) is 1.45. The summed E-state index contributed by atoms with van der Waals surface area (Å²) in [5, 5.41) is 3.75. The molecule has 0 aromatic heterocycles. The van der Waals surface area contributed by atoms with Gasteiger partial charge in [0, 0.05) is 6.04 Å². The Morgan fingerprint density at radius 3 is 2.67 bits per heavy atom. The Balaban J connectivity index is 1.67. The van der Waals surface area contributed by atoms with Gasteiger partial charge in [0.15, 0.2) is 0 Å². The third-order valence-electron chi connectivity index (χ3n) is 4.36. The molecule has 18 heavy (non-hydrogen) atoms. The fourth-order valence-corrected chi connectivity index (χ4v) is 3.06. The second-order valence-corrected chi connectivity index (χ2v) is 5.67. The van der Waals surface area contributed by atoms with Gasteiger partial charge in [0.1, 0.15) is 0 Å². The van der Waals surface area contributed by atoms with Crippen LogP contribution >= 0.6 is 0 Å². The van der Waals surface area contributed by atoms with E-state index in [9.17, 15) is 0 Å². The molecule has 2 unspecified atom stereocenters. The number of rotatable bonds is 5. The van der Waals surface area contributed by atoms with Crippen LogP contribution in [0.2, 0.25) is 0 Å². The van der Waals surface area contributed by atoms with Crippen LogP contribution in [0.4, 0.5) is 0 Å². The first-order chi connectivity index (χ1) is 8.88. The van der Waals surface area contributed by atoms with E-state index in [4.69, 9.17) is 0 Å². The zero-order valence-corrected chi connectivity index (χ0v) is 11.7. The van der Waals surface area contributed by atoms with Gasteiger partial charge in [-0.2, -0.15) is 0 Å². The number of benzene rings is 1. The molecule has 1 saturated carbocycles. The molecule has 0 bridgehead atoms. The summed E-state index contributed by atoms with van der Waals surface area (Å²) in [6, 6.07) is 11.6. The van der Waals surface area contributed by atoms with E-state index in [0.717, 1.165) is 24.9 Å². The third kappa shape index (κ3) is 4.45. The van der Waals surface area contributed by atoms with Gasteiger partial charge in [0.05, 0.1) is 0 Å². The van der Waals surface area contributed by atoms with Crippen molar-refractivity contribution in [3.8, 4) is 0 Å². The van der Waals surface area contributed by atoms with E-state index in [2.05, 4.69) is 42.6 Å². The third-order valence-corrected chi connectivity index (χ3v) is 4.36. The van der Waals surface area contributed by atoms with Crippen LogP contribution < -0.4 is 5.32 Å². The van der Waals surface area contributed by atoms with Gasteiger partial charge in [-0.3, -0.25) is 0 Å². The lowest BCUT2D eigenvalue weighted by molar-refractivity contribution is 0.427. The van der Waals surface area contributed by atoms with Crippen molar-refractivity contribution in [3.05, 3.63) is 35.9 Å². The molecule has 2 atom stereocenters. The zero-order chi connectivity index (χ0) is 12.6. The molecule has 0 radical (unpaired) electrons. The normalized spacial score (nSPS) is 24.7. The minimum absolute atomic E-state index is 0.769. The van der Waals surface area contributed by atoms with Gasteiger partial charge in [-0.25, -0.2) is 0 Å². The molecule has 1 aromatic carbocycles. The van der Waals surface area contributed by atoms with Gasteiger partial charge in [0.25, 0.3) is 0 Å².